The lowest BCUT2D eigenvalue weighted by Gasteiger charge is -2.36. The number of anilines is 2. The third-order valence-electron chi connectivity index (χ3n) is 4.51. The first-order valence-corrected chi connectivity index (χ1v) is 8.43. The summed E-state index contributed by atoms with van der Waals surface area (Å²) < 4.78 is 5.33. The maximum absolute atomic E-state index is 12.6. The van der Waals surface area contributed by atoms with Crippen LogP contribution in [0.3, 0.4) is 0 Å². The zero-order valence-corrected chi connectivity index (χ0v) is 14.5. The molecule has 4 heteroatoms. The summed E-state index contributed by atoms with van der Waals surface area (Å²) in [7, 11) is 4.05. The molecule has 0 aliphatic carbocycles. The van der Waals surface area contributed by atoms with Gasteiger partial charge >= 0.3 is 6.09 Å². The van der Waals surface area contributed by atoms with Crippen molar-refractivity contribution >= 4 is 17.5 Å². The highest BCUT2D eigenvalue weighted by molar-refractivity contribution is 5.90. The van der Waals surface area contributed by atoms with Gasteiger partial charge in [-0.15, -0.1) is 0 Å². The maximum Gasteiger partial charge on any atom is 0.414 e. The molecular formula is C20H24N2O2. The van der Waals surface area contributed by atoms with Crippen LogP contribution in [0.4, 0.5) is 16.2 Å². The number of ether oxygens (including phenoxy) is 1. The second kappa shape index (κ2) is 6.95. The molecule has 0 bridgehead atoms. The van der Waals surface area contributed by atoms with E-state index < -0.39 is 0 Å². The van der Waals surface area contributed by atoms with Crippen LogP contribution in [0.5, 0.6) is 0 Å². The summed E-state index contributed by atoms with van der Waals surface area (Å²) in [5, 5.41) is 0. The molecule has 1 aliphatic rings. The molecule has 0 saturated heterocycles. The fourth-order valence-electron chi connectivity index (χ4n) is 3.28. The molecule has 0 saturated carbocycles. The quantitative estimate of drug-likeness (QED) is 0.839. The summed E-state index contributed by atoms with van der Waals surface area (Å²) in [6.07, 6.45) is 1.59. The first-order chi connectivity index (χ1) is 11.6. The molecule has 1 atom stereocenters. The lowest BCUT2D eigenvalue weighted by atomic mass is 9.91. The first-order valence-electron chi connectivity index (χ1n) is 8.43. The van der Waals surface area contributed by atoms with E-state index in [-0.39, 0.29) is 12.1 Å². The molecule has 0 aromatic heterocycles. The number of aryl methyl sites for hydroxylation is 1. The van der Waals surface area contributed by atoms with Gasteiger partial charge in [0, 0.05) is 19.8 Å². The minimum atomic E-state index is -0.272. The lowest BCUT2D eigenvalue weighted by molar-refractivity contribution is 0.156. The summed E-state index contributed by atoms with van der Waals surface area (Å²) >= 11 is 0. The van der Waals surface area contributed by atoms with Crippen molar-refractivity contribution in [3.05, 3.63) is 59.7 Å². The molecule has 0 unspecified atom stereocenters. The standard InChI is InChI=1S/C20H24N2O2/c1-4-24-20(23)22-18-8-6-5-7-15(18)11-14-19(22)16-9-12-17(13-10-16)21(2)3/h5-10,12-13,19H,4,11,14H2,1-3H3/t19-/m1/s1. The van der Waals surface area contributed by atoms with Gasteiger partial charge in [-0.05, 0) is 49.1 Å². The van der Waals surface area contributed by atoms with Crippen molar-refractivity contribution in [2.24, 2.45) is 0 Å². The molecule has 3 rings (SSSR count). The summed E-state index contributed by atoms with van der Waals surface area (Å²) in [6, 6.07) is 16.5. The number of para-hydroxylation sites is 1. The Morgan fingerprint density at radius 1 is 1.17 bits per heavy atom. The molecule has 0 spiro atoms. The normalized spacial score (nSPS) is 16.5. The van der Waals surface area contributed by atoms with Gasteiger partial charge in [0.2, 0.25) is 0 Å². The SMILES string of the molecule is CCOC(=O)N1c2ccccc2CC[C@@H]1c1ccc(N(C)C)cc1. The number of carbonyl (C=O) groups is 1. The van der Waals surface area contributed by atoms with E-state index in [1.807, 2.05) is 44.1 Å². The van der Waals surface area contributed by atoms with Gasteiger partial charge in [-0.2, -0.15) is 0 Å². The van der Waals surface area contributed by atoms with Gasteiger partial charge in [-0.3, -0.25) is 4.90 Å². The van der Waals surface area contributed by atoms with Crippen LogP contribution in [0.1, 0.15) is 30.5 Å². The summed E-state index contributed by atoms with van der Waals surface area (Å²) in [5.74, 6) is 0. The van der Waals surface area contributed by atoms with E-state index >= 15 is 0 Å². The van der Waals surface area contributed by atoms with Gasteiger partial charge in [0.1, 0.15) is 0 Å². The summed E-state index contributed by atoms with van der Waals surface area (Å²) in [5.41, 5.74) is 4.46. The molecule has 2 aromatic rings. The predicted octanol–water partition coefficient (Wildman–Crippen LogP) is 4.40. The van der Waals surface area contributed by atoms with E-state index in [9.17, 15) is 4.79 Å². The van der Waals surface area contributed by atoms with E-state index in [4.69, 9.17) is 4.74 Å². The molecular weight excluding hydrogens is 300 g/mol. The number of nitrogens with zero attached hydrogens (tertiary/aromatic N) is 2. The number of fused-ring (bicyclic) bond motifs is 1. The van der Waals surface area contributed by atoms with Gasteiger partial charge in [-0.1, -0.05) is 30.3 Å². The zero-order valence-electron chi connectivity index (χ0n) is 14.5. The van der Waals surface area contributed by atoms with Gasteiger partial charge in [-0.25, -0.2) is 4.79 Å². The van der Waals surface area contributed by atoms with Crippen molar-refractivity contribution in [2.75, 3.05) is 30.5 Å². The van der Waals surface area contributed by atoms with E-state index in [1.54, 1.807) is 0 Å². The fraction of sp³-hybridized carbons (Fsp3) is 0.350. The second-order valence-corrected chi connectivity index (χ2v) is 6.24. The van der Waals surface area contributed by atoms with Crippen molar-refractivity contribution in [3.63, 3.8) is 0 Å². The number of benzene rings is 2. The van der Waals surface area contributed by atoms with Crippen LogP contribution >= 0.6 is 0 Å². The predicted molar refractivity (Wildman–Crippen MR) is 97.8 cm³/mol. The first kappa shape index (κ1) is 16.4. The molecule has 126 valence electrons. The molecule has 2 aromatic carbocycles. The van der Waals surface area contributed by atoms with E-state index in [0.717, 1.165) is 29.8 Å². The number of hydrogen-bond donors (Lipinski definition) is 0. The van der Waals surface area contributed by atoms with E-state index in [1.165, 1.54) is 5.56 Å². The van der Waals surface area contributed by atoms with E-state index in [0.29, 0.717) is 6.61 Å². The Hall–Kier alpha value is -2.49. The average molecular weight is 324 g/mol. The third-order valence-corrected chi connectivity index (χ3v) is 4.51. The minimum absolute atomic E-state index is 0.00941. The molecule has 24 heavy (non-hydrogen) atoms. The Bertz CT molecular complexity index is 710. The van der Waals surface area contributed by atoms with E-state index in [2.05, 4.69) is 35.2 Å². The number of rotatable bonds is 3. The number of amides is 1. The van der Waals surface area contributed by atoms with Crippen LogP contribution in [0.25, 0.3) is 0 Å². The lowest BCUT2D eigenvalue weighted by Crippen LogP contribution is -2.38. The highest BCUT2D eigenvalue weighted by Crippen LogP contribution is 2.39. The third kappa shape index (κ3) is 3.09. The van der Waals surface area contributed by atoms with Crippen LogP contribution in [-0.4, -0.2) is 26.8 Å². The van der Waals surface area contributed by atoms with Crippen molar-refractivity contribution < 1.29 is 9.53 Å². The van der Waals surface area contributed by atoms with Crippen LogP contribution in [-0.2, 0) is 11.2 Å². The topological polar surface area (TPSA) is 32.8 Å². The van der Waals surface area contributed by atoms with Crippen molar-refractivity contribution in [2.45, 2.75) is 25.8 Å². The van der Waals surface area contributed by atoms with Crippen molar-refractivity contribution in [1.29, 1.82) is 0 Å². The summed E-state index contributed by atoms with van der Waals surface area (Å²) in [6.45, 7) is 2.22. The highest BCUT2D eigenvalue weighted by Gasteiger charge is 2.32. The van der Waals surface area contributed by atoms with Crippen LogP contribution in [0.2, 0.25) is 0 Å². The highest BCUT2D eigenvalue weighted by atomic mass is 16.6. The van der Waals surface area contributed by atoms with Gasteiger partial charge in [0.05, 0.1) is 18.3 Å². The van der Waals surface area contributed by atoms with Gasteiger partial charge in [0.15, 0.2) is 0 Å². The van der Waals surface area contributed by atoms with Crippen molar-refractivity contribution in [1.82, 2.24) is 0 Å². The monoisotopic (exact) mass is 324 g/mol. The number of carbonyl (C=O) groups excluding carboxylic acids is 1. The Labute approximate surface area is 143 Å². The minimum Gasteiger partial charge on any atom is -0.449 e. The molecule has 1 amide bonds. The molecule has 0 radical (unpaired) electrons. The van der Waals surface area contributed by atoms with Gasteiger partial charge in [0.25, 0.3) is 0 Å². The molecule has 0 N–H and O–H groups in total. The molecule has 0 fully saturated rings. The summed E-state index contributed by atoms with van der Waals surface area (Å²) in [4.78, 5) is 16.5. The number of hydrogen-bond acceptors (Lipinski definition) is 3. The molecule has 4 nitrogen and oxygen atoms in total. The Balaban J connectivity index is 1.98. The van der Waals surface area contributed by atoms with Crippen LogP contribution < -0.4 is 9.80 Å². The molecule has 1 heterocycles. The van der Waals surface area contributed by atoms with Crippen LogP contribution in [0, 0.1) is 0 Å². The molecule has 1 aliphatic heterocycles. The van der Waals surface area contributed by atoms with Crippen LogP contribution in [0.15, 0.2) is 48.5 Å². The largest absolute Gasteiger partial charge is 0.449 e. The zero-order chi connectivity index (χ0) is 17.1. The Morgan fingerprint density at radius 2 is 1.88 bits per heavy atom. The second-order valence-electron chi connectivity index (χ2n) is 6.24. The Kier molecular flexibility index (Phi) is 4.74. The average Bonchev–Trinajstić information content (AvgIpc) is 2.61. The van der Waals surface area contributed by atoms with Crippen molar-refractivity contribution in [3.8, 4) is 0 Å². The Morgan fingerprint density at radius 3 is 2.54 bits per heavy atom. The maximum atomic E-state index is 12.6. The smallest absolute Gasteiger partial charge is 0.414 e. The fourth-order valence-corrected chi connectivity index (χ4v) is 3.28. The van der Waals surface area contributed by atoms with Gasteiger partial charge < -0.3 is 9.64 Å².